The minimum Gasteiger partial charge on any atom is -0.441 e. The monoisotopic (exact) mass is 323 g/mol. The van der Waals surface area contributed by atoms with E-state index in [0.717, 1.165) is 11.1 Å². The van der Waals surface area contributed by atoms with Crippen molar-refractivity contribution >= 4 is 22.9 Å². The van der Waals surface area contributed by atoms with Crippen molar-refractivity contribution in [3.05, 3.63) is 65.5 Å². The Balaban J connectivity index is 1.51. The van der Waals surface area contributed by atoms with Crippen molar-refractivity contribution in [1.82, 2.24) is 15.8 Å². The molecule has 0 unspecified atom stereocenters. The Labute approximate surface area is 138 Å². The number of nitrogens with zero attached hydrogens (tertiary/aromatic N) is 1. The molecule has 0 aliphatic heterocycles. The highest BCUT2D eigenvalue weighted by Gasteiger charge is 2.11. The fourth-order valence-corrected chi connectivity index (χ4v) is 2.33. The molecule has 0 atom stereocenters. The predicted molar refractivity (Wildman–Crippen MR) is 89.1 cm³/mol. The van der Waals surface area contributed by atoms with Crippen molar-refractivity contribution in [2.24, 2.45) is 0 Å². The number of hydrazine groups is 1. The molecule has 1 heterocycles. The van der Waals surface area contributed by atoms with Crippen LogP contribution in [0.5, 0.6) is 0 Å². The number of rotatable bonds is 4. The zero-order valence-corrected chi connectivity index (χ0v) is 13.2. The van der Waals surface area contributed by atoms with Gasteiger partial charge in [0.25, 0.3) is 5.91 Å². The van der Waals surface area contributed by atoms with Gasteiger partial charge in [-0.1, -0.05) is 30.3 Å². The molecule has 24 heavy (non-hydrogen) atoms. The summed E-state index contributed by atoms with van der Waals surface area (Å²) in [4.78, 5) is 28.2. The highest BCUT2D eigenvalue weighted by Crippen LogP contribution is 2.15. The van der Waals surface area contributed by atoms with Crippen LogP contribution in [0.1, 0.15) is 28.2 Å². The Bertz CT molecular complexity index is 853. The number of para-hydroxylation sites is 2. The minimum atomic E-state index is -0.344. The molecule has 6 nitrogen and oxygen atoms in total. The second kappa shape index (κ2) is 6.95. The molecule has 2 N–H and O–H groups in total. The average Bonchev–Trinajstić information content (AvgIpc) is 3.01. The summed E-state index contributed by atoms with van der Waals surface area (Å²) in [5.41, 5.74) is 7.64. The number of oxazole rings is 1. The van der Waals surface area contributed by atoms with Crippen molar-refractivity contribution in [3.63, 3.8) is 0 Å². The smallest absolute Gasteiger partial charge is 0.269 e. The molecule has 0 spiro atoms. The van der Waals surface area contributed by atoms with Crippen LogP contribution in [0.2, 0.25) is 0 Å². The van der Waals surface area contributed by atoms with E-state index < -0.39 is 0 Å². The number of benzene rings is 2. The summed E-state index contributed by atoms with van der Waals surface area (Å²) < 4.78 is 5.55. The Morgan fingerprint density at radius 1 is 1.04 bits per heavy atom. The van der Waals surface area contributed by atoms with E-state index in [1.54, 1.807) is 12.1 Å². The van der Waals surface area contributed by atoms with E-state index in [4.69, 9.17) is 4.42 Å². The summed E-state index contributed by atoms with van der Waals surface area (Å²) >= 11 is 0. The maximum Gasteiger partial charge on any atom is 0.269 e. The number of nitrogens with one attached hydrogen (secondary N) is 2. The molecule has 0 fully saturated rings. The fraction of sp³-hybridized carbons (Fsp3) is 0.167. The van der Waals surface area contributed by atoms with Crippen LogP contribution >= 0.6 is 0 Å². The van der Waals surface area contributed by atoms with E-state index in [2.05, 4.69) is 15.8 Å². The van der Waals surface area contributed by atoms with Gasteiger partial charge in [-0.25, -0.2) is 4.98 Å². The Hall–Kier alpha value is -3.15. The van der Waals surface area contributed by atoms with E-state index in [1.165, 1.54) is 0 Å². The quantitative estimate of drug-likeness (QED) is 0.723. The third-order valence-corrected chi connectivity index (χ3v) is 3.61. The molecule has 122 valence electrons. The van der Waals surface area contributed by atoms with Crippen LogP contribution in [-0.2, 0) is 11.2 Å². The normalized spacial score (nSPS) is 10.5. The van der Waals surface area contributed by atoms with E-state index in [9.17, 15) is 9.59 Å². The lowest BCUT2D eigenvalue weighted by Gasteiger charge is -2.08. The van der Waals surface area contributed by atoms with Gasteiger partial charge >= 0.3 is 0 Å². The highest BCUT2D eigenvalue weighted by molar-refractivity contribution is 5.96. The molecule has 0 saturated carbocycles. The van der Waals surface area contributed by atoms with Gasteiger partial charge in [0.15, 0.2) is 11.5 Å². The first-order valence-electron chi connectivity index (χ1n) is 7.63. The maximum atomic E-state index is 12.0. The van der Waals surface area contributed by atoms with Crippen LogP contribution in [0.3, 0.4) is 0 Å². The van der Waals surface area contributed by atoms with Crippen molar-refractivity contribution in [2.45, 2.75) is 19.8 Å². The van der Waals surface area contributed by atoms with E-state index in [1.807, 2.05) is 43.3 Å². The van der Waals surface area contributed by atoms with Gasteiger partial charge in [-0.2, -0.15) is 0 Å². The van der Waals surface area contributed by atoms with Crippen molar-refractivity contribution < 1.29 is 14.0 Å². The number of fused-ring (bicyclic) bond motifs is 1. The Morgan fingerprint density at radius 2 is 1.79 bits per heavy atom. The minimum absolute atomic E-state index is 0.168. The molecular weight excluding hydrogens is 306 g/mol. The van der Waals surface area contributed by atoms with Gasteiger partial charge in [-0.3, -0.25) is 20.4 Å². The first kappa shape index (κ1) is 15.7. The topological polar surface area (TPSA) is 84.2 Å². The van der Waals surface area contributed by atoms with Gasteiger partial charge in [0.05, 0.1) is 0 Å². The molecule has 3 rings (SSSR count). The van der Waals surface area contributed by atoms with Crippen molar-refractivity contribution in [1.29, 1.82) is 0 Å². The number of carbonyl (C=O) groups excluding carboxylic acids is 2. The van der Waals surface area contributed by atoms with Crippen LogP contribution in [0.15, 0.2) is 52.9 Å². The zero-order valence-electron chi connectivity index (χ0n) is 13.2. The molecule has 2 aromatic carbocycles. The molecule has 2 amide bonds. The lowest BCUT2D eigenvalue weighted by molar-refractivity contribution is -0.121. The largest absolute Gasteiger partial charge is 0.441 e. The number of carbonyl (C=O) groups is 2. The van der Waals surface area contributed by atoms with Crippen LogP contribution in [0, 0.1) is 6.92 Å². The van der Waals surface area contributed by atoms with Crippen molar-refractivity contribution in [2.75, 3.05) is 0 Å². The standard InChI is InChI=1S/C18H17N3O3/c1-12-6-2-3-7-13(12)18(23)21-20-16(22)10-11-17-19-14-8-4-5-9-15(14)24-17/h2-9H,10-11H2,1H3,(H,20,22)(H,21,23). The van der Waals surface area contributed by atoms with E-state index in [0.29, 0.717) is 23.5 Å². The molecular formula is C18H17N3O3. The second-order valence-electron chi connectivity index (χ2n) is 5.39. The van der Waals surface area contributed by atoms with Gasteiger partial charge in [0.1, 0.15) is 5.52 Å². The van der Waals surface area contributed by atoms with E-state index in [-0.39, 0.29) is 18.2 Å². The first-order chi connectivity index (χ1) is 11.6. The fourth-order valence-electron chi connectivity index (χ4n) is 2.33. The van der Waals surface area contributed by atoms with Gasteiger partial charge < -0.3 is 4.42 Å². The first-order valence-corrected chi connectivity index (χ1v) is 7.63. The summed E-state index contributed by atoms with van der Waals surface area (Å²) in [5.74, 6) is -0.154. The summed E-state index contributed by atoms with van der Waals surface area (Å²) in [6.45, 7) is 1.84. The zero-order chi connectivity index (χ0) is 16.9. The maximum absolute atomic E-state index is 12.0. The van der Waals surface area contributed by atoms with Gasteiger partial charge in [0.2, 0.25) is 5.91 Å². The predicted octanol–water partition coefficient (Wildman–Crippen LogP) is 2.53. The van der Waals surface area contributed by atoms with Crippen LogP contribution in [0.25, 0.3) is 11.1 Å². The summed E-state index contributed by atoms with van der Waals surface area (Å²) in [6, 6.07) is 14.6. The third-order valence-electron chi connectivity index (χ3n) is 3.61. The third kappa shape index (κ3) is 3.60. The van der Waals surface area contributed by atoms with Crippen LogP contribution in [0.4, 0.5) is 0 Å². The molecule has 3 aromatic rings. The molecule has 0 aliphatic rings. The SMILES string of the molecule is Cc1ccccc1C(=O)NNC(=O)CCc1nc2ccccc2o1. The summed E-state index contributed by atoms with van der Waals surface area (Å²) in [6.07, 6.45) is 0.529. The molecule has 0 aliphatic carbocycles. The molecule has 0 radical (unpaired) electrons. The van der Waals surface area contributed by atoms with Gasteiger partial charge in [0, 0.05) is 18.4 Å². The highest BCUT2D eigenvalue weighted by atomic mass is 16.3. The lowest BCUT2D eigenvalue weighted by Crippen LogP contribution is -2.41. The summed E-state index contributed by atoms with van der Waals surface area (Å²) in [5, 5.41) is 0. The van der Waals surface area contributed by atoms with Crippen LogP contribution < -0.4 is 10.9 Å². The molecule has 0 saturated heterocycles. The van der Waals surface area contributed by atoms with E-state index >= 15 is 0 Å². The molecule has 0 bridgehead atoms. The van der Waals surface area contributed by atoms with Crippen LogP contribution in [-0.4, -0.2) is 16.8 Å². The summed E-state index contributed by atoms with van der Waals surface area (Å²) in [7, 11) is 0. The Morgan fingerprint density at radius 3 is 2.58 bits per heavy atom. The number of aryl methyl sites for hydroxylation is 2. The number of hydrogen-bond acceptors (Lipinski definition) is 4. The van der Waals surface area contributed by atoms with Crippen molar-refractivity contribution in [3.8, 4) is 0 Å². The molecule has 6 heteroatoms. The number of aromatic nitrogens is 1. The lowest BCUT2D eigenvalue weighted by atomic mass is 10.1. The Kier molecular flexibility index (Phi) is 4.56. The second-order valence-corrected chi connectivity index (χ2v) is 5.39. The number of amides is 2. The van der Waals surface area contributed by atoms with Gasteiger partial charge in [-0.15, -0.1) is 0 Å². The number of hydrogen-bond donors (Lipinski definition) is 2. The molecule has 1 aromatic heterocycles. The average molecular weight is 323 g/mol. The van der Waals surface area contributed by atoms with Gasteiger partial charge in [-0.05, 0) is 30.7 Å².